The molecule has 0 amide bonds. The molecule has 0 aliphatic carbocycles. The maximum atomic E-state index is 9.68. The van der Waals surface area contributed by atoms with Crippen LogP contribution in [-0.2, 0) is 6.54 Å². The van der Waals surface area contributed by atoms with E-state index in [1.165, 1.54) is 0 Å². The molecule has 0 unspecified atom stereocenters. The van der Waals surface area contributed by atoms with Crippen LogP contribution in [0.2, 0.25) is 0 Å². The van der Waals surface area contributed by atoms with Crippen molar-refractivity contribution in [3.63, 3.8) is 0 Å². The number of rotatable bonds is 8. The van der Waals surface area contributed by atoms with E-state index in [1.54, 1.807) is 6.07 Å². The molecule has 2 N–H and O–H groups in total. The Bertz CT molecular complexity index is 394. The summed E-state index contributed by atoms with van der Waals surface area (Å²) in [5.74, 6) is 2.81. The Morgan fingerprint density at radius 3 is 2.35 bits per heavy atom. The van der Waals surface area contributed by atoms with Gasteiger partial charge in [-0.25, -0.2) is 0 Å². The Labute approximate surface area is 123 Å². The van der Waals surface area contributed by atoms with Gasteiger partial charge in [0.05, 0.1) is 6.61 Å². The van der Waals surface area contributed by atoms with Crippen molar-refractivity contribution >= 4 is 0 Å². The van der Waals surface area contributed by atoms with Crippen LogP contribution in [-0.4, -0.2) is 18.3 Å². The summed E-state index contributed by atoms with van der Waals surface area (Å²) in [7, 11) is 0. The van der Waals surface area contributed by atoms with Gasteiger partial charge >= 0.3 is 0 Å². The molecule has 3 nitrogen and oxygen atoms in total. The summed E-state index contributed by atoms with van der Waals surface area (Å²) >= 11 is 0. The monoisotopic (exact) mass is 279 g/mol. The van der Waals surface area contributed by atoms with Crippen molar-refractivity contribution in [3.05, 3.63) is 23.8 Å². The lowest BCUT2D eigenvalue weighted by molar-refractivity contribution is 0.275. The minimum Gasteiger partial charge on any atom is -0.504 e. The molecule has 0 atom stereocenters. The Balaban J connectivity index is 2.55. The zero-order valence-corrected chi connectivity index (χ0v) is 13.4. The van der Waals surface area contributed by atoms with Crippen LogP contribution < -0.4 is 10.1 Å². The summed E-state index contributed by atoms with van der Waals surface area (Å²) in [6.45, 7) is 13.4. The molecule has 0 bridgehead atoms. The number of hydrogen-bond acceptors (Lipinski definition) is 3. The van der Waals surface area contributed by atoms with Crippen molar-refractivity contribution < 1.29 is 9.84 Å². The van der Waals surface area contributed by atoms with Crippen LogP contribution in [0.5, 0.6) is 11.5 Å². The van der Waals surface area contributed by atoms with E-state index in [4.69, 9.17) is 4.74 Å². The van der Waals surface area contributed by atoms with Crippen molar-refractivity contribution in [3.8, 4) is 11.5 Å². The number of aromatic hydroxyl groups is 1. The Morgan fingerprint density at radius 2 is 1.80 bits per heavy atom. The molecule has 0 aliphatic heterocycles. The van der Waals surface area contributed by atoms with Crippen LogP contribution >= 0.6 is 0 Å². The fraction of sp³-hybridized carbons (Fsp3) is 0.647. The molecule has 0 fully saturated rings. The lowest BCUT2D eigenvalue weighted by Crippen LogP contribution is -2.29. The molecule has 3 heteroatoms. The van der Waals surface area contributed by atoms with Crippen LogP contribution in [0.3, 0.4) is 0 Å². The zero-order valence-electron chi connectivity index (χ0n) is 13.4. The molecule has 0 radical (unpaired) electrons. The van der Waals surface area contributed by atoms with E-state index >= 15 is 0 Å². The first-order chi connectivity index (χ1) is 9.45. The van der Waals surface area contributed by atoms with Gasteiger partial charge in [0, 0.05) is 6.54 Å². The summed E-state index contributed by atoms with van der Waals surface area (Å²) in [6.07, 6.45) is 0. The first-order valence-corrected chi connectivity index (χ1v) is 7.61. The maximum absolute atomic E-state index is 9.68. The SMILES string of the molecule is CCOc1cc(CNCC(C(C)C)C(C)C)ccc1O. The minimum absolute atomic E-state index is 0.206. The molecular weight excluding hydrogens is 250 g/mol. The molecule has 20 heavy (non-hydrogen) atoms. The van der Waals surface area contributed by atoms with Gasteiger partial charge in [-0.3, -0.25) is 0 Å². The third-order valence-corrected chi connectivity index (χ3v) is 3.75. The molecule has 1 aromatic rings. The summed E-state index contributed by atoms with van der Waals surface area (Å²) in [5, 5.41) is 13.2. The third kappa shape index (κ3) is 5.04. The summed E-state index contributed by atoms with van der Waals surface area (Å²) in [4.78, 5) is 0. The van der Waals surface area contributed by atoms with E-state index in [0.717, 1.165) is 18.7 Å². The maximum Gasteiger partial charge on any atom is 0.161 e. The first-order valence-electron chi connectivity index (χ1n) is 7.61. The molecule has 0 aliphatic rings. The second kappa shape index (κ2) is 8.15. The zero-order chi connectivity index (χ0) is 15.1. The first kappa shape index (κ1) is 16.8. The van der Waals surface area contributed by atoms with Gasteiger partial charge < -0.3 is 15.2 Å². The molecule has 0 saturated carbocycles. The van der Waals surface area contributed by atoms with Gasteiger partial charge in [-0.05, 0) is 48.9 Å². The highest BCUT2D eigenvalue weighted by Gasteiger charge is 2.16. The van der Waals surface area contributed by atoms with E-state index in [1.807, 2.05) is 19.1 Å². The quantitative estimate of drug-likeness (QED) is 0.760. The smallest absolute Gasteiger partial charge is 0.161 e. The van der Waals surface area contributed by atoms with Crippen LogP contribution in [0.4, 0.5) is 0 Å². The third-order valence-electron chi connectivity index (χ3n) is 3.75. The number of nitrogens with one attached hydrogen (secondary N) is 1. The normalized spacial score (nSPS) is 11.6. The predicted molar refractivity (Wildman–Crippen MR) is 84.1 cm³/mol. The van der Waals surface area contributed by atoms with Gasteiger partial charge in [0.25, 0.3) is 0 Å². The summed E-state index contributed by atoms with van der Waals surface area (Å²) < 4.78 is 5.40. The molecule has 0 spiro atoms. The fourth-order valence-corrected chi connectivity index (χ4v) is 2.56. The van der Waals surface area contributed by atoms with Gasteiger partial charge in [0.1, 0.15) is 0 Å². The van der Waals surface area contributed by atoms with Gasteiger partial charge in [0.2, 0.25) is 0 Å². The number of phenols is 1. The number of hydrogen-bond donors (Lipinski definition) is 2. The van der Waals surface area contributed by atoms with Gasteiger partial charge in [-0.2, -0.15) is 0 Å². The highest BCUT2D eigenvalue weighted by molar-refractivity contribution is 5.41. The highest BCUT2D eigenvalue weighted by atomic mass is 16.5. The topological polar surface area (TPSA) is 41.5 Å². The van der Waals surface area contributed by atoms with E-state index in [0.29, 0.717) is 30.1 Å². The van der Waals surface area contributed by atoms with E-state index in [9.17, 15) is 5.11 Å². The minimum atomic E-state index is 0.206. The van der Waals surface area contributed by atoms with Crippen LogP contribution in [0, 0.1) is 17.8 Å². The Kier molecular flexibility index (Phi) is 6.86. The van der Waals surface area contributed by atoms with Crippen LogP contribution in [0.25, 0.3) is 0 Å². The lowest BCUT2D eigenvalue weighted by atomic mass is 9.85. The van der Waals surface area contributed by atoms with Crippen LogP contribution in [0.1, 0.15) is 40.2 Å². The predicted octanol–water partition coefficient (Wildman–Crippen LogP) is 3.81. The van der Waals surface area contributed by atoms with Gasteiger partial charge in [0.15, 0.2) is 11.5 Å². The molecular formula is C17H29NO2. The number of ether oxygens (including phenoxy) is 1. The van der Waals surface area contributed by atoms with E-state index < -0.39 is 0 Å². The van der Waals surface area contributed by atoms with Crippen molar-refractivity contribution in [2.75, 3.05) is 13.2 Å². The number of phenolic OH excluding ortho intramolecular Hbond substituents is 1. The lowest BCUT2D eigenvalue weighted by Gasteiger charge is -2.25. The fourth-order valence-electron chi connectivity index (χ4n) is 2.56. The van der Waals surface area contributed by atoms with E-state index in [-0.39, 0.29) is 5.75 Å². The van der Waals surface area contributed by atoms with Crippen molar-refractivity contribution in [2.24, 2.45) is 17.8 Å². The van der Waals surface area contributed by atoms with Crippen LogP contribution in [0.15, 0.2) is 18.2 Å². The molecule has 0 saturated heterocycles. The summed E-state index contributed by atoms with van der Waals surface area (Å²) in [6, 6.07) is 5.54. The Morgan fingerprint density at radius 1 is 1.15 bits per heavy atom. The van der Waals surface area contributed by atoms with Crippen molar-refractivity contribution in [1.29, 1.82) is 0 Å². The average Bonchev–Trinajstić information content (AvgIpc) is 2.37. The molecule has 1 rings (SSSR count). The molecule has 0 aromatic heterocycles. The standard InChI is InChI=1S/C17H29NO2/c1-6-20-17-9-14(7-8-16(17)19)10-18-11-15(12(2)3)13(4)5/h7-9,12-13,15,18-19H,6,10-11H2,1-5H3. The molecule has 114 valence electrons. The molecule has 1 aromatic carbocycles. The second-order valence-corrected chi connectivity index (χ2v) is 6.02. The van der Waals surface area contributed by atoms with Gasteiger partial charge in [-0.1, -0.05) is 33.8 Å². The largest absolute Gasteiger partial charge is 0.504 e. The van der Waals surface area contributed by atoms with Gasteiger partial charge in [-0.15, -0.1) is 0 Å². The highest BCUT2D eigenvalue weighted by Crippen LogP contribution is 2.27. The van der Waals surface area contributed by atoms with E-state index in [2.05, 4.69) is 33.0 Å². The summed E-state index contributed by atoms with van der Waals surface area (Å²) in [5.41, 5.74) is 1.14. The average molecular weight is 279 g/mol. The van der Waals surface area contributed by atoms with Crippen molar-refractivity contribution in [1.82, 2.24) is 5.32 Å². The van der Waals surface area contributed by atoms with Crippen molar-refractivity contribution in [2.45, 2.75) is 41.2 Å². The molecule has 0 heterocycles. The number of benzene rings is 1. The second-order valence-electron chi connectivity index (χ2n) is 6.02. The Hall–Kier alpha value is -1.22.